The van der Waals surface area contributed by atoms with Crippen LogP contribution in [0.5, 0.6) is 0 Å². The molecule has 0 aromatic heterocycles. The molecule has 0 aromatic rings. The monoisotopic (exact) mass is 239 g/mol. The molecule has 6 nitrogen and oxygen atoms in total. The molecule has 0 fully saturated rings. The molecule has 0 saturated carbocycles. The predicted octanol–water partition coefficient (Wildman–Crippen LogP) is 0.654. The average Bonchev–Trinajstić information content (AvgIpc) is 2.03. The minimum absolute atomic E-state index is 0.0289. The number of amides is 1. The van der Waals surface area contributed by atoms with Crippen LogP contribution in [0, 0.1) is 0 Å². The van der Waals surface area contributed by atoms with Crippen LogP contribution >= 0.6 is 0 Å². The third-order valence-corrected chi connectivity index (χ3v) is 1.70. The Labute approximate surface area is 90.1 Å². The van der Waals surface area contributed by atoms with Crippen molar-refractivity contribution in [1.29, 1.82) is 0 Å². The van der Waals surface area contributed by atoms with Gasteiger partial charge in [-0.2, -0.15) is 8.42 Å². The molecule has 3 N–H and O–H groups in total. The van der Waals surface area contributed by atoms with Gasteiger partial charge < -0.3 is 5.73 Å². The number of carbonyl (C=O) groups excluding carboxylic acids is 1. The van der Waals surface area contributed by atoms with E-state index < -0.39 is 10.4 Å². The number of hydrogen-bond donors (Lipinski definition) is 2. The molecule has 0 aromatic carbocycles. The van der Waals surface area contributed by atoms with Crippen LogP contribution in [0.4, 0.5) is 0 Å². The van der Waals surface area contributed by atoms with E-state index in [1.807, 2.05) is 6.92 Å². The molecule has 0 bridgehead atoms. The second-order valence-electron chi connectivity index (χ2n) is 2.55. The fourth-order valence-corrected chi connectivity index (χ4v) is 0.872. The predicted molar refractivity (Wildman–Crippen MR) is 56.4 cm³/mol. The summed E-state index contributed by atoms with van der Waals surface area (Å²) in [6.45, 7) is 6.89. The first kappa shape index (κ1) is 16.5. The molecule has 0 aliphatic carbocycles. The van der Waals surface area contributed by atoms with Crippen molar-refractivity contribution in [3.05, 3.63) is 12.2 Å². The van der Waals surface area contributed by atoms with E-state index in [1.165, 1.54) is 6.92 Å². The van der Waals surface area contributed by atoms with Gasteiger partial charge in [-0.3, -0.25) is 9.35 Å². The highest BCUT2D eigenvalue weighted by Gasteiger charge is 1.98. The molecule has 0 unspecified atom stereocenters. The van der Waals surface area contributed by atoms with Crippen LogP contribution in [0.2, 0.25) is 0 Å². The van der Waals surface area contributed by atoms with Gasteiger partial charge >= 0.3 is 10.4 Å². The van der Waals surface area contributed by atoms with E-state index in [9.17, 15) is 13.2 Å². The van der Waals surface area contributed by atoms with E-state index in [-0.39, 0.29) is 12.5 Å². The van der Waals surface area contributed by atoms with Gasteiger partial charge in [-0.25, -0.2) is 4.18 Å². The third-order valence-electron chi connectivity index (χ3n) is 1.17. The maximum atomic E-state index is 10.2. The van der Waals surface area contributed by atoms with Gasteiger partial charge in [0.2, 0.25) is 5.91 Å². The lowest BCUT2D eigenvalue weighted by molar-refractivity contribution is -0.114. The van der Waals surface area contributed by atoms with Gasteiger partial charge in [0.25, 0.3) is 0 Å². The minimum Gasteiger partial charge on any atom is -0.366 e. The molecule has 0 saturated heterocycles. The van der Waals surface area contributed by atoms with Crippen LogP contribution in [0.1, 0.15) is 26.7 Å². The molecule has 7 heteroatoms. The Bertz CT molecular complexity index is 296. The van der Waals surface area contributed by atoms with Crippen molar-refractivity contribution in [3.63, 3.8) is 0 Å². The van der Waals surface area contributed by atoms with Crippen LogP contribution < -0.4 is 5.73 Å². The number of primary amides is 1. The fraction of sp³-hybridized carbons (Fsp3) is 0.625. The van der Waals surface area contributed by atoms with E-state index in [4.69, 9.17) is 10.3 Å². The largest absolute Gasteiger partial charge is 0.397 e. The van der Waals surface area contributed by atoms with Crippen molar-refractivity contribution >= 4 is 16.3 Å². The second-order valence-corrected chi connectivity index (χ2v) is 3.64. The smallest absolute Gasteiger partial charge is 0.366 e. The molecule has 0 aliphatic rings. The molecule has 0 rings (SSSR count). The summed E-state index contributed by atoms with van der Waals surface area (Å²) in [6.07, 6.45) is 1.65. The Morgan fingerprint density at radius 3 is 2.00 bits per heavy atom. The summed E-state index contributed by atoms with van der Waals surface area (Å²) in [5.41, 5.74) is 5.40. The van der Waals surface area contributed by atoms with Crippen LogP contribution in [0.3, 0.4) is 0 Å². The van der Waals surface area contributed by atoms with E-state index in [1.54, 1.807) is 0 Å². The molecule has 0 radical (unpaired) electrons. The molecule has 0 aliphatic heterocycles. The van der Waals surface area contributed by atoms with E-state index in [2.05, 4.69) is 10.8 Å². The van der Waals surface area contributed by atoms with E-state index in [0.717, 1.165) is 12.8 Å². The molecule has 90 valence electrons. The average molecular weight is 239 g/mol. The highest BCUT2D eigenvalue weighted by atomic mass is 32.3. The van der Waals surface area contributed by atoms with Gasteiger partial charge in [-0.15, -0.1) is 0 Å². The summed E-state index contributed by atoms with van der Waals surface area (Å²) in [5, 5.41) is 0. The van der Waals surface area contributed by atoms with Crippen molar-refractivity contribution in [2.24, 2.45) is 5.73 Å². The van der Waals surface area contributed by atoms with Crippen LogP contribution in [0.15, 0.2) is 12.2 Å². The van der Waals surface area contributed by atoms with Crippen LogP contribution in [-0.4, -0.2) is 25.5 Å². The zero-order chi connectivity index (χ0) is 12.5. The Morgan fingerprint density at radius 2 is 1.93 bits per heavy atom. The highest BCUT2D eigenvalue weighted by molar-refractivity contribution is 7.80. The molecule has 0 atom stereocenters. The standard InChI is InChI=1S/C6H11NO.C2H6O4S/c1-3-4-5(2)6(7)8;1-2-6-7(3,4)5/h2-4H2,1H3,(H2,7,8);2H2,1H3,(H,3,4,5). The second kappa shape index (κ2) is 8.39. The van der Waals surface area contributed by atoms with Crippen LogP contribution in [-0.2, 0) is 19.4 Å². The first-order valence-corrected chi connectivity index (χ1v) is 5.70. The Balaban J connectivity index is 0. The first-order chi connectivity index (χ1) is 6.74. The normalized spacial score (nSPS) is 10.1. The maximum Gasteiger partial charge on any atom is 0.397 e. The molecule has 0 heterocycles. The van der Waals surface area contributed by atoms with E-state index in [0.29, 0.717) is 5.57 Å². The van der Waals surface area contributed by atoms with Crippen molar-refractivity contribution in [3.8, 4) is 0 Å². The zero-order valence-electron chi connectivity index (χ0n) is 8.89. The van der Waals surface area contributed by atoms with Gasteiger partial charge in [-0.05, 0) is 13.3 Å². The Kier molecular flexibility index (Phi) is 9.24. The third kappa shape index (κ3) is 15.8. The zero-order valence-corrected chi connectivity index (χ0v) is 9.71. The van der Waals surface area contributed by atoms with Crippen molar-refractivity contribution < 1.29 is 21.9 Å². The maximum absolute atomic E-state index is 10.2. The molecule has 1 amide bonds. The van der Waals surface area contributed by atoms with Crippen molar-refractivity contribution in [2.45, 2.75) is 26.7 Å². The topological polar surface area (TPSA) is 107 Å². The molecular formula is C8H17NO5S. The molecular weight excluding hydrogens is 222 g/mol. The number of nitrogens with two attached hydrogens (primary N) is 1. The highest BCUT2D eigenvalue weighted by Crippen LogP contribution is 1.98. The number of hydrogen-bond acceptors (Lipinski definition) is 4. The van der Waals surface area contributed by atoms with E-state index >= 15 is 0 Å². The molecule has 0 spiro atoms. The minimum atomic E-state index is -4.17. The lowest BCUT2D eigenvalue weighted by atomic mass is 10.2. The first-order valence-electron chi connectivity index (χ1n) is 4.34. The fourth-order valence-electron chi connectivity index (χ4n) is 0.574. The summed E-state index contributed by atoms with van der Waals surface area (Å²) in [4.78, 5) is 10.2. The number of rotatable bonds is 5. The summed E-state index contributed by atoms with van der Waals surface area (Å²) in [6, 6.07) is 0. The summed E-state index contributed by atoms with van der Waals surface area (Å²) >= 11 is 0. The van der Waals surface area contributed by atoms with Crippen LogP contribution in [0.25, 0.3) is 0 Å². The van der Waals surface area contributed by atoms with Crippen molar-refractivity contribution in [2.75, 3.05) is 6.61 Å². The number of carbonyl (C=O) groups is 1. The molecule has 15 heavy (non-hydrogen) atoms. The Morgan fingerprint density at radius 1 is 1.47 bits per heavy atom. The van der Waals surface area contributed by atoms with Crippen molar-refractivity contribution in [1.82, 2.24) is 0 Å². The quantitative estimate of drug-likeness (QED) is 0.541. The van der Waals surface area contributed by atoms with Gasteiger partial charge in [0.15, 0.2) is 0 Å². The van der Waals surface area contributed by atoms with Gasteiger partial charge in [0.1, 0.15) is 0 Å². The SMILES string of the molecule is C=C(CCC)C(N)=O.CCOS(=O)(=O)O. The summed E-state index contributed by atoms with van der Waals surface area (Å²) in [7, 11) is -4.17. The van der Waals surface area contributed by atoms with Gasteiger partial charge in [0, 0.05) is 5.57 Å². The van der Waals surface area contributed by atoms with Gasteiger partial charge in [-0.1, -0.05) is 19.9 Å². The Hall–Kier alpha value is -0.920. The summed E-state index contributed by atoms with van der Waals surface area (Å²) in [5.74, 6) is -0.383. The lowest BCUT2D eigenvalue weighted by Gasteiger charge is -1.93. The lowest BCUT2D eigenvalue weighted by Crippen LogP contribution is -2.12. The van der Waals surface area contributed by atoms with Gasteiger partial charge in [0.05, 0.1) is 6.61 Å². The summed E-state index contributed by atoms with van der Waals surface area (Å²) < 4.78 is 30.7.